The van der Waals surface area contributed by atoms with Gasteiger partial charge in [-0.25, -0.2) is 10.5 Å². The van der Waals surface area contributed by atoms with Gasteiger partial charge in [0.2, 0.25) is 0 Å². The second kappa shape index (κ2) is 9.00. The number of aryl methyl sites for hydroxylation is 1. The summed E-state index contributed by atoms with van der Waals surface area (Å²) in [5.41, 5.74) is 4.41. The SMILES string of the molecule is C=CCCc1nc2cc(C=CC(=O)NO)ccc2n1CCNCC. The minimum absolute atomic E-state index is 0.557. The fraction of sp³-hybridized carbons (Fsp3) is 0.333. The molecule has 2 aromatic rings. The number of nitrogens with one attached hydrogen (secondary N) is 2. The van der Waals surface area contributed by atoms with Gasteiger partial charge in [0.25, 0.3) is 5.91 Å². The third-order valence-electron chi connectivity index (χ3n) is 3.72. The van der Waals surface area contributed by atoms with Gasteiger partial charge in [-0.2, -0.15) is 0 Å². The smallest absolute Gasteiger partial charge is 0.267 e. The quantitative estimate of drug-likeness (QED) is 0.217. The Morgan fingerprint density at radius 1 is 1.46 bits per heavy atom. The van der Waals surface area contributed by atoms with E-state index < -0.39 is 5.91 Å². The Labute approximate surface area is 141 Å². The maximum Gasteiger partial charge on any atom is 0.267 e. The number of benzene rings is 1. The van der Waals surface area contributed by atoms with Crippen LogP contribution in [0.3, 0.4) is 0 Å². The highest BCUT2D eigenvalue weighted by Crippen LogP contribution is 2.20. The fourth-order valence-corrected chi connectivity index (χ4v) is 2.55. The molecule has 0 radical (unpaired) electrons. The van der Waals surface area contributed by atoms with Gasteiger partial charge in [0.15, 0.2) is 0 Å². The summed E-state index contributed by atoms with van der Waals surface area (Å²) in [4.78, 5) is 15.8. The maximum absolute atomic E-state index is 11.1. The van der Waals surface area contributed by atoms with Crippen LogP contribution in [0.5, 0.6) is 0 Å². The van der Waals surface area contributed by atoms with Crippen LogP contribution in [0.25, 0.3) is 17.1 Å². The van der Waals surface area contributed by atoms with Crippen LogP contribution in [0, 0.1) is 0 Å². The lowest BCUT2D eigenvalue weighted by molar-refractivity contribution is -0.124. The molecule has 0 aliphatic rings. The first kappa shape index (κ1) is 17.9. The molecule has 0 saturated carbocycles. The zero-order valence-electron chi connectivity index (χ0n) is 14.0. The minimum atomic E-state index is -0.557. The number of amides is 1. The topological polar surface area (TPSA) is 79.2 Å². The van der Waals surface area contributed by atoms with E-state index in [0.29, 0.717) is 0 Å². The van der Waals surface area contributed by atoms with E-state index in [0.717, 1.165) is 54.9 Å². The third kappa shape index (κ3) is 4.53. The van der Waals surface area contributed by atoms with Gasteiger partial charge < -0.3 is 9.88 Å². The number of fused-ring (bicyclic) bond motifs is 1. The lowest BCUT2D eigenvalue weighted by atomic mass is 10.2. The second-order valence-corrected chi connectivity index (χ2v) is 5.42. The lowest BCUT2D eigenvalue weighted by Crippen LogP contribution is -2.20. The number of carbonyl (C=O) groups is 1. The van der Waals surface area contributed by atoms with Crippen LogP contribution in [0.2, 0.25) is 0 Å². The Kier molecular flexibility index (Phi) is 6.72. The van der Waals surface area contributed by atoms with Gasteiger partial charge >= 0.3 is 0 Å². The molecule has 1 amide bonds. The van der Waals surface area contributed by atoms with E-state index in [1.165, 1.54) is 6.08 Å². The van der Waals surface area contributed by atoms with Crippen LogP contribution < -0.4 is 10.8 Å². The van der Waals surface area contributed by atoms with E-state index in [4.69, 9.17) is 10.2 Å². The van der Waals surface area contributed by atoms with Crippen LogP contribution in [-0.2, 0) is 17.8 Å². The molecule has 0 atom stereocenters. The van der Waals surface area contributed by atoms with E-state index in [9.17, 15) is 4.79 Å². The van der Waals surface area contributed by atoms with Crippen molar-refractivity contribution in [3.8, 4) is 0 Å². The first-order chi connectivity index (χ1) is 11.7. The molecule has 6 nitrogen and oxygen atoms in total. The highest BCUT2D eigenvalue weighted by atomic mass is 16.5. The number of carbonyl (C=O) groups excluding carboxylic acids is 1. The van der Waals surface area contributed by atoms with E-state index in [-0.39, 0.29) is 0 Å². The van der Waals surface area contributed by atoms with Crippen molar-refractivity contribution in [3.05, 3.63) is 48.3 Å². The number of likely N-dealkylation sites (N-methyl/N-ethyl adjacent to an activating group) is 1. The molecule has 1 heterocycles. The number of imidazole rings is 1. The summed E-state index contributed by atoms with van der Waals surface area (Å²) in [5.74, 6) is 0.481. The maximum atomic E-state index is 11.1. The number of nitrogens with zero attached hydrogens (tertiary/aromatic N) is 2. The van der Waals surface area contributed by atoms with E-state index >= 15 is 0 Å². The number of hydrogen-bond acceptors (Lipinski definition) is 4. The Bertz CT molecular complexity index is 734. The zero-order valence-corrected chi connectivity index (χ0v) is 14.0. The summed E-state index contributed by atoms with van der Waals surface area (Å²) >= 11 is 0. The van der Waals surface area contributed by atoms with Crippen LogP contribution >= 0.6 is 0 Å². The van der Waals surface area contributed by atoms with Crippen molar-refractivity contribution in [2.45, 2.75) is 26.3 Å². The third-order valence-corrected chi connectivity index (χ3v) is 3.72. The fourth-order valence-electron chi connectivity index (χ4n) is 2.55. The summed E-state index contributed by atoms with van der Waals surface area (Å²) in [6.07, 6.45) is 6.56. The number of aromatic nitrogens is 2. The molecule has 128 valence electrons. The van der Waals surface area contributed by atoms with Gasteiger partial charge in [-0.1, -0.05) is 19.1 Å². The summed E-state index contributed by atoms with van der Waals surface area (Å²) in [5, 5.41) is 11.9. The Morgan fingerprint density at radius 2 is 2.29 bits per heavy atom. The molecule has 0 aliphatic heterocycles. The summed E-state index contributed by atoms with van der Waals surface area (Å²) < 4.78 is 2.23. The molecular formula is C18H24N4O2. The zero-order chi connectivity index (χ0) is 17.4. The molecule has 0 fully saturated rings. The number of rotatable bonds is 9. The molecule has 0 bridgehead atoms. The standard InChI is InChI=1S/C18H24N4O2/c1-3-5-6-17-20-15-13-14(8-10-18(23)21-24)7-9-16(15)22(17)12-11-19-4-2/h3,7-10,13,19,24H,1,4-6,11-12H2,2H3,(H,21,23). The molecule has 0 spiro atoms. The largest absolute Gasteiger partial charge is 0.327 e. The van der Waals surface area contributed by atoms with Crippen molar-refractivity contribution >= 4 is 23.0 Å². The van der Waals surface area contributed by atoms with Gasteiger partial charge in [-0.3, -0.25) is 10.0 Å². The molecule has 2 rings (SSSR count). The van der Waals surface area contributed by atoms with Crippen molar-refractivity contribution in [1.82, 2.24) is 20.3 Å². The average Bonchev–Trinajstić information content (AvgIpc) is 2.95. The predicted molar refractivity (Wildman–Crippen MR) is 95.8 cm³/mol. The molecule has 1 aromatic carbocycles. The highest BCUT2D eigenvalue weighted by molar-refractivity contribution is 5.91. The van der Waals surface area contributed by atoms with Gasteiger partial charge in [0, 0.05) is 25.6 Å². The van der Waals surface area contributed by atoms with Crippen molar-refractivity contribution in [2.24, 2.45) is 0 Å². The molecule has 0 saturated heterocycles. The van der Waals surface area contributed by atoms with Gasteiger partial charge in [-0.15, -0.1) is 6.58 Å². The van der Waals surface area contributed by atoms with E-state index in [1.54, 1.807) is 11.6 Å². The van der Waals surface area contributed by atoms with Crippen LogP contribution in [0.4, 0.5) is 0 Å². The Morgan fingerprint density at radius 3 is 3.00 bits per heavy atom. The first-order valence-electron chi connectivity index (χ1n) is 8.12. The Balaban J connectivity index is 2.32. The Hall–Kier alpha value is -2.44. The highest BCUT2D eigenvalue weighted by Gasteiger charge is 2.10. The number of hydroxylamine groups is 1. The van der Waals surface area contributed by atoms with Gasteiger partial charge in [0.05, 0.1) is 11.0 Å². The minimum Gasteiger partial charge on any atom is -0.327 e. The number of hydrogen-bond donors (Lipinski definition) is 3. The average molecular weight is 328 g/mol. The summed E-state index contributed by atoms with van der Waals surface area (Å²) in [7, 11) is 0. The molecule has 0 aliphatic carbocycles. The van der Waals surface area contributed by atoms with Crippen molar-refractivity contribution in [1.29, 1.82) is 0 Å². The molecule has 0 unspecified atom stereocenters. The van der Waals surface area contributed by atoms with Gasteiger partial charge in [-0.05, 0) is 36.7 Å². The molecule has 24 heavy (non-hydrogen) atoms. The van der Waals surface area contributed by atoms with Crippen molar-refractivity contribution in [3.63, 3.8) is 0 Å². The summed E-state index contributed by atoms with van der Waals surface area (Å²) in [6.45, 7) is 8.56. The number of allylic oxidation sites excluding steroid dienone is 1. The lowest BCUT2D eigenvalue weighted by Gasteiger charge is -2.09. The molecule has 6 heteroatoms. The molecule has 3 N–H and O–H groups in total. The second-order valence-electron chi connectivity index (χ2n) is 5.42. The van der Waals surface area contributed by atoms with Gasteiger partial charge in [0.1, 0.15) is 5.82 Å². The van der Waals surface area contributed by atoms with E-state index in [1.807, 2.05) is 24.3 Å². The normalized spacial score (nSPS) is 11.2. The van der Waals surface area contributed by atoms with Crippen LogP contribution in [-0.4, -0.2) is 33.8 Å². The van der Waals surface area contributed by atoms with E-state index in [2.05, 4.69) is 23.4 Å². The van der Waals surface area contributed by atoms with Crippen molar-refractivity contribution in [2.75, 3.05) is 13.1 Å². The predicted octanol–water partition coefficient (Wildman–Crippen LogP) is 2.28. The first-order valence-corrected chi connectivity index (χ1v) is 8.12. The molecule has 1 aromatic heterocycles. The van der Waals surface area contributed by atoms with Crippen LogP contribution in [0.15, 0.2) is 36.9 Å². The summed E-state index contributed by atoms with van der Waals surface area (Å²) in [6, 6.07) is 5.89. The monoisotopic (exact) mass is 328 g/mol. The molecular weight excluding hydrogens is 304 g/mol. The van der Waals surface area contributed by atoms with Crippen LogP contribution in [0.1, 0.15) is 24.7 Å². The van der Waals surface area contributed by atoms with Crippen molar-refractivity contribution < 1.29 is 10.0 Å².